The van der Waals surface area contributed by atoms with E-state index in [9.17, 15) is 4.79 Å². The van der Waals surface area contributed by atoms with E-state index in [2.05, 4.69) is 19.9 Å². The van der Waals surface area contributed by atoms with Gasteiger partial charge in [-0.3, -0.25) is 4.79 Å². The van der Waals surface area contributed by atoms with Gasteiger partial charge in [-0.2, -0.15) is 0 Å². The highest BCUT2D eigenvalue weighted by Gasteiger charge is 2.06. The van der Waals surface area contributed by atoms with Gasteiger partial charge in [0.05, 0.1) is 0 Å². The molecule has 2 aromatic heterocycles. The Hall–Kier alpha value is -1.44. The summed E-state index contributed by atoms with van der Waals surface area (Å²) in [5.74, 6) is 0.495. The summed E-state index contributed by atoms with van der Waals surface area (Å²) in [5, 5.41) is 1.37. The number of aromatic nitrogens is 4. The molecule has 1 N–H and O–H groups in total. The van der Waals surface area contributed by atoms with Gasteiger partial charge in [-0.15, -0.1) is 0 Å². The molecule has 0 spiro atoms. The predicted molar refractivity (Wildman–Crippen MR) is 71.4 cm³/mol. The molecule has 0 aliphatic carbocycles. The number of halogens is 1. The minimum atomic E-state index is -0.216. The van der Waals surface area contributed by atoms with Gasteiger partial charge in [0, 0.05) is 24.9 Å². The van der Waals surface area contributed by atoms with Gasteiger partial charge in [-0.25, -0.2) is 15.0 Å². The van der Waals surface area contributed by atoms with Crippen molar-refractivity contribution in [1.82, 2.24) is 19.9 Å². The van der Waals surface area contributed by atoms with Gasteiger partial charge in [-0.1, -0.05) is 11.6 Å². The van der Waals surface area contributed by atoms with Gasteiger partial charge < -0.3 is 9.72 Å². The average molecular weight is 299 g/mol. The Balaban J connectivity index is 2.20. The second-order valence-electron chi connectivity index (χ2n) is 3.42. The lowest BCUT2D eigenvalue weighted by molar-refractivity contribution is 0.128. The highest BCUT2D eigenvalue weighted by atomic mass is 35.5. The number of hydrogen-bond donors (Lipinski definition) is 1. The molecule has 0 bridgehead atoms. The Labute approximate surface area is 118 Å². The molecule has 100 valence electrons. The van der Waals surface area contributed by atoms with Crippen LogP contribution in [-0.4, -0.2) is 26.5 Å². The van der Waals surface area contributed by atoms with Gasteiger partial charge in [0.1, 0.15) is 16.8 Å². The maximum atomic E-state index is 11.2. The normalized spacial score (nSPS) is 10.6. The van der Waals surface area contributed by atoms with E-state index in [1.807, 2.05) is 6.92 Å². The molecule has 0 aliphatic rings. The summed E-state index contributed by atoms with van der Waals surface area (Å²) in [5.41, 5.74) is -0.216. The number of H-pyrrole nitrogens is 1. The number of nitrogens with one attached hydrogen (secondary N) is 1. The van der Waals surface area contributed by atoms with Crippen LogP contribution in [0.25, 0.3) is 0 Å². The van der Waals surface area contributed by atoms with E-state index in [1.165, 1.54) is 24.0 Å². The van der Waals surface area contributed by atoms with E-state index in [0.717, 1.165) is 0 Å². The number of rotatable bonds is 5. The van der Waals surface area contributed by atoms with Crippen molar-refractivity contribution in [2.45, 2.75) is 23.7 Å². The van der Waals surface area contributed by atoms with Crippen LogP contribution in [0.2, 0.25) is 5.15 Å². The predicted octanol–water partition coefficient (Wildman–Crippen LogP) is 1.90. The number of nitrogens with zero attached hydrogens (tertiary/aromatic N) is 3. The van der Waals surface area contributed by atoms with Crippen LogP contribution < -0.4 is 5.56 Å². The molecule has 0 saturated carbocycles. The minimum absolute atomic E-state index is 0.216. The lowest BCUT2D eigenvalue weighted by Gasteiger charge is -2.04. The van der Waals surface area contributed by atoms with E-state index >= 15 is 0 Å². The molecule has 8 heteroatoms. The molecule has 2 heterocycles. The highest BCUT2D eigenvalue weighted by Crippen LogP contribution is 2.23. The summed E-state index contributed by atoms with van der Waals surface area (Å²) in [6.45, 7) is 2.76. The first-order valence-corrected chi connectivity index (χ1v) is 6.71. The summed E-state index contributed by atoms with van der Waals surface area (Å²) in [7, 11) is 0. The molecule has 6 nitrogen and oxygen atoms in total. The molecule has 0 amide bonds. The van der Waals surface area contributed by atoms with Crippen molar-refractivity contribution in [2.75, 3.05) is 6.61 Å². The standard InChI is InChI=1S/C11H11ClN4O2S/c1-2-18-6-8-14-7(12)5-10(15-8)19-11-13-4-3-9(17)16-11/h3-5H,2,6H2,1H3,(H,13,16,17). The average Bonchev–Trinajstić information content (AvgIpc) is 2.35. The van der Waals surface area contributed by atoms with Crippen LogP contribution in [0.15, 0.2) is 33.3 Å². The zero-order valence-corrected chi connectivity index (χ0v) is 11.7. The van der Waals surface area contributed by atoms with E-state index in [0.29, 0.717) is 34.4 Å². The van der Waals surface area contributed by atoms with Crippen molar-refractivity contribution < 1.29 is 4.74 Å². The molecule has 0 aromatic carbocycles. The molecule has 19 heavy (non-hydrogen) atoms. The van der Waals surface area contributed by atoms with Gasteiger partial charge in [0.2, 0.25) is 0 Å². The van der Waals surface area contributed by atoms with E-state index in [1.54, 1.807) is 6.07 Å². The second kappa shape index (κ2) is 6.65. The van der Waals surface area contributed by atoms with Crippen LogP contribution in [0.3, 0.4) is 0 Å². The summed E-state index contributed by atoms with van der Waals surface area (Å²) in [4.78, 5) is 26.1. The molecule has 0 radical (unpaired) electrons. The van der Waals surface area contributed by atoms with Gasteiger partial charge in [0.15, 0.2) is 11.0 Å². The topological polar surface area (TPSA) is 80.8 Å². The number of aromatic amines is 1. The lowest BCUT2D eigenvalue weighted by Crippen LogP contribution is -2.05. The smallest absolute Gasteiger partial charge is 0.251 e. The summed E-state index contributed by atoms with van der Waals surface area (Å²) >= 11 is 7.12. The maximum absolute atomic E-state index is 11.2. The van der Waals surface area contributed by atoms with Crippen molar-refractivity contribution in [1.29, 1.82) is 0 Å². The highest BCUT2D eigenvalue weighted by molar-refractivity contribution is 7.99. The van der Waals surface area contributed by atoms with Crippen molar-refractivity contribution in [3.8, 4) is 0 Å². The van der Waals surface area contributed by atoms with Crippen LogP contribution in [-0.2, 0) is 11.3 Å². The lowest BCUT2D eigenvalue weighted by atomic mass is 10.6. The third-order valence-electron chi connectivity index (χ3n) is 2.00. The first kappa shape index (κ1) is 14.0. The van der Waals surface area contributed by atoms with E-state index < -0.39 is 0 Å². The van der Waals surface area contributed by atoms with Gasteiger partial charge in [0.25, 0.3) is 5.56 Å². The largest absolute Gasteiger partial charge is 0.374 e. The SMILES string of the molecule is CCOCc1nc(Cl)cc(Sc2nccc(=O)[nH]2)n1. The summed E-state index contributed by atoms with van der Waals surface area (Å²) in [6, 6.07) is 2.95. The van der Waals surface area contributed by atoms with Crippen molar-refractivity contribution in [3.05, 3.63) is 39.7 Å². The van der Waals surface area contributed by atoms with E-state index in [4.69, 9.17) is 16.3 Å². The Morgan fingerprint density at radius 3 is 3.05 bits per heavy atom. The Morgan fingerprint density at radius 1 is 1.47 bits per heavy atom. The third kappa shape index (κ3) is 4.30. The van der Waals surface area contributed by atoms with Crippen LogP contribution in [0, 0.1) is 0 Å². The Kier molecular flexibility index (Phi) is 4.89. The first-order chi connectivity index (χ1) is 9.17. The number of ether oxygens (including phenoxy) is 1. The molecule has 0 unspecified atom stereocenters. The second-order valence-corrected chi connectivity index (χ2v) is 4.82. The minimum Gasteiger partial charge on any atom is -0.374 e. The van der Waals surface area contributed by atoms with E-state index in [-0.39, 0.29) is 5.56 Å². The maximum Gasteiger partial charge on any atom is 0.251 e. The molecule has 0 fully saturated rings. The monoisotopic (exact) mass is 298 g/mol. The quantitative estimate of drug-likeness (QED) is 0.671. The zero-order valence-electron chi connectivity index (χ0n) is 10.1. The van der Waals surface area contributed by atoms with Crippen LogP contribution in [0.4, 0.5) is 0 Å². The Bertz CT molecular complexity index is 620. The Morgan fingerprint density at radius 2 is 2.32 bits per heavy atom. The molecule has 0 aliphatic heterocycles. The number of hydrogen-bond acceptors (Lipinski definition) is 6. The van der Waals surface area contributed by atoms with Gasteiger partial charge >= 0.3 is 0 Å². The van der Waals surface area contributed by atoms with Crippen LogP contribution >= 0.6 is 23.4 Å². The van der Waals surface area contributed by atoms with Crippen LogP contribution in [0.5, 0.6) is 0 Å². The fourth-order valence-corrected chi connectivity index (χ4v) is 2.31. The zero-order chi connectivity index (χ0) is 13.7. The van der Waals surface area contributed by atoms with Gasteiger partial charge in [-0.05, 0) is 18.7 Å². The first-order valence-electron chi connectivity index (χ1n) is 5.51. The third-order valence-corrected chi connectivity index (χ3v) is 3.01. The van der Waals surface area contributed by atoms with Crippen LogP contribution in [0.1, 0.15) is 12.7 Å². The molecule has 0 atom stereocenters. The summed E-state index contributed by atoms with van der Waals surface area (Å²) in [6.07, 6.45) is 1.44. The van der Waals surface area contributed by atoms with Crippen molar-refractivity contribution in [3.63, 3.8) is 0 Å². The summed E-state index contributed by atoms with van der Waals surface area (Å²) < 4.78 is 5.23. The molecular formula is C11H11ClN4O2S. The van der Waals surface area contributed by atoms with Crippen molar-refractivity contribution in [2.24, 2.45) is 0 Å². The van der Waals surface area contributed by atoms with Crippen molar-refractivity contribution >= 4 is 23.4 Å². The fraction of sp³-hybridized carbons (Fsp3) is 0.273. The molecular weight excluding hydrogens is 288 g/mol. The fourth-order valence-electron chi connectivity index (χ4n) is 1.26. The molecule has 2 rings (SSSR count). The molecule has 2 aromatic rings. The molecule has 0 saturated heterocycles.